The summed E-state index contributed by atoms with van der Waals surface area (Å²) in [5, 5.41) is 27.2. The van der Waals surface area contributed by atoms with Gasteiger partial charge in [-0.15, -0.1) is 0 Å². The standard InChI is InChI=1S/C51H31N5/c1-32-42(31-53)36(26-28-43(32)55-44-15-6-2-11-37(44)38-12-3-7-16-45(38)55)34-22-24-35(25-23-34)54-47-18-9-5-14-40(47)51-49(54)19-10-20-50(51)56-46-17-8-4-13-39(46)41-29-33(30-52)21-27-48(41)56/h2-29H,1H3. The van der Waals surface area contributed by atoms with E-state index in [2.05, 4.69) is 190 Å². The molecule has 5 heteroatoms. The quantitative estimate of drug-likeness (QED) is 0.182. The Bertz CT molecular complexity index is 3450. The van der Waals surface area contributed by atoms with Crippen molar-refractivity contribution in [2.24, 2.45) is 0 Å². The van der Waals surface area contributed by atoms with Crippen molar-refractivity contribution in [1.82, 2.24) is 13.7 Å². The molecule has 0 fully saturated rings. The summed E-state index contributed by atoms with van der Waals surface area (Å²) in [4.78, 5) is 0. The number of rotatable bonds is 4. The lowest BCUT2D eigenvalue weighted by atomic mass is 9.95. The summed E-state index contributed by atoms with van der Waals surface area (Å²) in [5.74, 6) is 0. The molecule has 3 aromatic heterocycles. The molecule has 3 heterocycles. The van der Waals surface area contributed by atoms with E-state index in [0.717, 1.165) is 88.4 Å². The molecule has 0 atom stereocenters. The van der Waals surface area contributed by atoms with Crippen LogP contribution in [0.4, 0.5) is 0 Å². The van der Waals surface area contributed by atoms with E-state index in [-0.39, 0.29) is 0 Å². The van der Waals surface area contributed by atoms with Gasteiger partial charge < -0.3 is 13.7 Å². The van der Waals surface area contributed by atoms with Crippen molar-refractivity contribution in [2.45, 2.75) is 6.92 Å². The van der Waals surface area contributed by atoms with E-state index in [1.807, 2.05) is 12.1 Å². The highest BCUT2D eigenvalue weighted by molar-refractivity contribution is 6.16. The molecule has 56 heavy (non-hydrogen) atoms. The predicted molar refractivity (Wildman–Crippen MR) is 229 cm³/mol. The fourth-order valence-corrected chi connectivity index (χ4v) is 9.07. The minimum Gasteiger partial charge on any atom is -0.309 e. The Morgan fingerprint density at radius 2 is 0.946 bits per heavy atom. The summed E-state index contributed by atoms with van der Waals surface area (Å²) < 4.78 is 6.96. The molecule has 0 aliphatic heterocycles. The Morgan fingerprint density at radius 1 is 0.411 bits per heavy atom. The SMILES string of the molecule is Cc1c(-n2c3ccccc3c3ccccc32)ccc(-c2ccc(-n3c4ccccc4c4c(-n5c6ccccc6c6cc(C#N)ccc65)cccc43)cc2)c1C#N. The molecule has 0 saturated heterocycles. The molecule has 0 aliphatic rings. The van der Waals surface area contributed by atoms with E-state index >= 15 is 0 Å². The fraction of sp³-hybridized carbons (Fsp3) is 0.0196. The number of hydrogen-bond acceptors (Lipinski definition) is 2. The first-order valence-electron chi connectivity index (χ1n) is 18.7. The third-order valence-corrected chi connectivity index (χ3v) is 11.5. The highest BCUT2D eigenvalue weighted by Gasteiger charge is 2.21. The zero-order chi connectivity index (χ0) is 37.5. The molecule has 0 saturated carbocycles. The number of para-hydroxylation sites is 4. The van der Waals surface area contributed by atoms with Crippen molar-refractivity contribution in [3.8, 4) is 40.3 Å². The van der Waals surface area contributed by atoms with Gasteiger partial charge in [0.2, 0.25) is 0 Å². The molecule has 0 radical (unpaired) electrons. The number of nitrogens with zero attached hydrogens (tertiary/aromatic N) is 5. The molecular formula is C51H31N5. The first-order chi connectivity index (χ1) is 27.6. The Hall–Kier alpha value is -7.86. The van der Waals surface area contributed by atoms with E-state index in [4.69, 9.17) is 0 Å². The van der Waals surface area contributed by atoms with Gasteiger partial charge in [-0.25, -0.2) is 0 Å². The molecule has 0 amide bonds. The zero-order valence-electron chi connectivity index (χ0n) is 30.4. The van der Waals surface area contributed by atoms with Gasteiger partial charge in [-0.3, -0.25) is 0 Å². The largest absolute Gasteiger partial charge is 0.309 e. The third-order valence-electron chi connectivity index (χ3n) is 11.5. The second kappa shape index (κ2) is 12.1. The normalized spacial score (nSPS) is 11.6. The highest BCUT2D eigenvalue weighted by Crippen LogP contribution is 2.41. The van der Waals surface area contributed by atoms with E-state index in [1.165, 1.54) is 10.8 Å². The summed E-state index contributed by atoms with van der Waals surface area (Å²) in [5.41, 5.74) is 13.9. The molecule has 0 spiro atoms. The maximum atomic E-state index is 10.6. The van der Waals surface area contributed by atoms with Crippen molar-refractivity contribution in [3.63, 3.8) is 0 Å². The van der Waals surface area contributed by atoms with Gasteiger partial charge in [-0.05, 0) is 96.4 Å². The van der Waals surface area contributed by atoms with Crippen LogP contribution in [-0.2, 0) is 0 Å². The molecule has 5 nitrogen and oxygen atoms in total. The number of hydrogen-bond donors (Lipinski definition) is 0. The Kier molecular flexibility index (Phi) is 6.83. The summed E-state index contributed by atoms with van der Waals surface area (Å²) in [6.45, 7) is 2.06. The maximum Gasteiger partial charge on any atom is 0.100 e. The van der Waals surface area contributed by atoms with Crippen LogP contribution >= 0.6 is 0 Å². The maximum absolute atomic E-state index is 10.6. The topological polar surface area (TPSA) is 62.4 Å². The van der Waals surface area contributed by atoms with E-state index in [1.54, 1.807) is 0 Å². The fourth-order valence-electron chi connectivity index (χ4n) is 9.07. The van der Waals surface area contributed by atoms with Gasteiger partial charge >= 0.3 is 0 Å². The summed E-state index contributed by atoms with van der Waals surface area (Å²) in [6, 6.07) is 64.2. The van der Waals surface area contributed by atoms with Crippen molar-refractivity contribution in [3.05, 3.63) is 187 Å². The first kappa shape index (κ1) is 31.6. The Balaban J connectivity index is 1.07. The molecule has 0 aliphatic carbocycles. The lowest BCUT2D eigenvalue weighted by molar-refractivity contribution is 1.14. The van der Waals surface area contributed by atoms with Gasteiger partial charge in [0.25, 0.3) is 0 Å². The predicted octanol–water partition coefficient (Wildman–Crippen LogP) is 12.7. The lowest BCUT2D eigenvalue weighted by Gasteiger charge is -2.16. The van der Waals surface area contributed by atoms with Crippen LogP contribution in [0.25, 0.3) is 93.6 Å². The van der Waals surface area contributed by atoms with Gasteiger partial charge in [0, 0.05) is 38.0 Å². The van der Waals surface area contributed by atoms with Crippen LogP contribution in [-0.4, -0.2) is 13.7 Å². The average molecular weight is 714 g/mol. The van der Waals surface area contributed by atoms with Crippen LogP contribution in [0.15, 0.2) is 170 Å². The molecule has 11 aromatic rings. The van der Waals surface area contributed by atoms with Crippen LogP contribution in [0.3, 0.4) is 0 Å². The van der Waals surface area contributed by atoms with Crippen LogP contribution in [0, 0.1) is 29.6 Å². The van der Waals surface area contributed by atoms with Crippen LogP contribution < -0.4 is 0 Å². The summed E-state index contributed by atoms with van der Waals surface area (Å²) in [7, 11) is 0. The molecule has 8 aromatic carbocycles. The van der Waals surface area contributed by atoms with Gasteiger partial charge in [-0.2, -0.15) is 10.5 Å². The van der Waals surface area contributed by atoms with Gasteiger partial charge in [0.1, 0.15) is 6.07 Å². The minimum atomic E-state index is 0.648. The smallest absolute Gasteiger partial charge is 0.100 e. The number of fused-ring (bicyclic) bond motifs is 9. The van der Waals surface area contributed by atoms with Crippen molar-refractivity contribution in [2.75, 3.05) is 0 Å². The molecule has 260 valence electrons. The molecular weight excluding hydrogens is 683 g/mol. The van der Waals surface area contributed by atoms with Gasteiger partial charge in [0.05, 0.1) is 61.7 Å². The van der Waals surface area contributed by atoms with Crippen molar-refractivity contribution < 1.29 is 0 Å². The minimum absolute atomic E-state index is 0.648. The van der Waals surface area contributed by atoms with Crippen molar-refractivity contribution >= 4 is 65.4 Å². The van der Waals surface area contributed by atoms with E-state index < -0.39 is 0 Å². The summed E-state index contributed by atoms with van der Waals surface area (Å²) >= 11 is 0. The average Bonchev–Trinajstić information content (AvgIpc) is 3.89. The van der Waals surface area contributed by atoms with Gasteiger partial charge in [0.15, 0.2) is 0 Å². The van der Waals surface area contributed by atoms with E-state index in [0.29, 0.717) is 11.1 Å². The third kappa shape index (κ3) is 4.40. The monoisotopic (exact) mass is 713 g/mol. The Labute approximate surface area is 322 Å². The molecule has 0 bridgehead atoms. The van der Waals surface area contributed by atoms with E-state index in [9.17, 15) is 10.5 Å². The highest BCUT2D eigenvalue weighted by atomic mass is 15.0. The molecule has 0 unspecified atom stereocenters. The van der Waals surface area contributed by atoms with Crippen LogP contribution in [0.1, 0.15) is 16.7 Å². The molecule has 0 N–H and O–H groups in total. The number of nitriles is 2. The second-order valence-corrected chi connectivity index (χ2v) is 14.4. The Morgan fingerprint density at radius 3 is 1.57 bits per heavy atom. The lowest BCUT2D eigenvalue weighted by Crippen LogP contribution is -2.01. The number of aromatic nitrogens is 3. The second-order valence-electron chi connectivity index (χ2n) is 14.4. The first-order valence-corrected chi connectivity index (χ1v) is 18.7. The van der Waals surface area contributed by atoms with Crippen LogP contribution in [0.5, 0.6) is 0 Å². The van der Waals surface area contributed by atoms with Gasteiger partial charge in [-0.1, -0.05) is 97.1 Å². The number of benzene rings is 8. The van der Waals surface area contributed by atoms with Crippen LogP contribution in [0.2, 0.25) is 0 Å². The molecule has 11 rings (SSSR count). The zero-order valence-corrected chi connectivity index (χ0v) is 30.4. The summed E-state index contributed by atoms with van der Waals surface area (Å²) in [6.07, 6.45) is 0. The van der Waals surface area contributed by atoms with Crippen molar-refractivity contribution in [1.29, 1.82) is 10.5 Å².